The molecule has 1 saturated heterocycles. The first-order valence-corrected chi connectivity index (χ1v) is 7.04. The van der Waals surface area contributed by atoms with Crippen LogP contribution < -0.4 is 10.1 Å². The summed E-state index contributed by atoms with van der Waals surface area (Å²) in [6, 6.07) is 5.85. The van der Waals surface area contributed by atoms with Crippen LogP contribution in [0, 0.1) is 0 Å². The fourth-order valence-corrected chi connectivity index (χ4v) is 2.63. The van der Waals surface area contributed by atoms with Gasteiger partial charge < -0.3 is 10.1 Å². The molecule has 0 bridgehead atoms. The second kappa shape index (κ2) is 8.13. The largest absolute Gasteiger partial charge is 0.433 e. The fourth-order valence-electron chi connectivity index (χ4n) is 2.39. The third kappa shape index (κ3) is 5.25. The summed E-state index contributed by atoms with van der Waals surface area (Å²) < 4.78 is 28.7. The fraction of sp³-hybridized carbons (Fsp3) is 0.571. The van der Waals surface area contributed by atoms with Crippen LogP contribution in [0.1, 0.15) is 19.4 Å². The molecule has 1 aliphatic rings. The third-order valence-electron chi connectivity index (χ3n) is 3.49. The Morgan fingerprint density at radius 1 is 1.43 bits per heavy atom. The predicted octanol–water partition coefficient (Wildman–Crippen LogP) is 3.55. The van der Waals surface area contributed by atoms with E-state index < -0.39 is 6.61 Å². The molecular formula is C14H20Cl2F2N2O. The number of ether oxygens (including phenoxy) is 1. The first-order valence-electron chi connectivity index (χ1n) is 6.66. The number of rotatable bonds is 4. The number of hydrogen-bond donors (Lipinski definition) is 1. The van der Waals surface area contributed by atoms with Gasteiger partial charge in [0.25, 0.3) is 0 Å². The normalized spacial score (nSPS) is 23.0. The Kier molecular flexibility index (Phi) is 7.13. The topological polar surface area (TPSA) is 24.5 Å². The van der Waals surface area contributed by atoms with E-state index in [1.165, 1.54) is 6.07 Å². The van der Waals surface area contributed by atoms with Crippen molar-refractivity contribution < 1.29 is 13.5 Å². The SMILES string of the molecule is CC1CN(Cc2ccc(OC(F)F)c(Cl)c2)C(C)CN1.Cl. The lowest BCUT2D eigenvalue weighted by molar-refractivity contribution is -0.0498. The lowest BCUT2D eigenvalue weighted by Crippen LogP contribution is -2.53. The molecule has 1 fully saturated rings. The molecule has 0 amide bonds. The number of halogens is 4. The van der Waals surface area contributed by atoms with E-state index in [2.05, 4.69) is 28.8 Å². The molecule has 0 radical (unpaired) electrons. The number of piperazine rings is 1. The summed E-state index contributed by atoms with van der Waals surface area (Å²) in [5.41, 5.74) is 0.998. The van der Waals surface area contributed by atoms with E-state index in [0.717, 1.165) is 25.2 Å². The zero-order valence-corrected chi connectivity index (χ0v) is 13.6. The second-order valence-corrected chi connectivity index (χ2v) is 5.64. The number of alkyl halides is 2. The second-order valence-electron chi connectivity index (χ2n) is 5.23. The average Bonchev–Trinajstić information content (AvgIpc) is 2.37. The molecule has 2 unspecified atom stereocenters. The highest BCUT2D eigenvalue weighted by Gasteiger charge is 2.22. The molecule has 3 nitrogen and oxygen atoms in total. The van der Waals surface area contributed by atoms with Gasteiger partial charge >= 0.3 is 6.61 Å². The van der Waals surface area contributed by atoms with E-state index in [-0.39, 0.29) is 23.2 Å². The van der Waals surface area contributed by atoms with Gasteiger partial charge in [0.1, 0.15) is 5.75 Å². The first-order chi connectivity index (χ1) is 9.45. The number of benzene rings is 1. The van der Waals surface area contributed by atoms with Gasteiger partial charge in [-0.1, -0.05) is 17.7 Å². The van der Waals surface area contributed by atoms with Crippen LogP contribution in [-0.4, -0.2) is 36.7 Å². The van der Waals surface area contributed by atoms with Gasteiger partial charge in [-0.15, -0.1) is 12.4 Å². The molecule has 0 spiro atoms. The smallest absolute Gasteiger partial charge is 0.387 e. The van der Waals surface area contributed by atoms with Crippen LogP contribution in [0.2, 0.25) is 5.02 Å². The zero-order valence-electron chi connectivity index (χ0n) is 12.0. The van der Waals surface area contributed by atoms with Gasteiger partial charge in [0.2, 0.25) is 0 Å². The Labute approximate surface area is 135 Å². The third-order valence-corrected chi connectivity index (χ3v) is 3.79. The zero-order chi connectivity index (χ0) is 14.7. The highest BCUT2D eigenvalue weighted by Crippen LogP contribution is 2.27. The van der Waals surface area contributed by atoms with Crippen molar-refractivity contribution in [3.8, 4) is 5.75 Å². The van der Waals surface area contributed by atoms with Crippen LogP contribution in [0.15, 0.2) is 18.2 Å². The van der Waals surface area contributed by atoms with Crippen LogP contribution in [-0.2, 0) is 6.54 Å². The summed E-state index contributed by atoms with van der Waals surface area (Å²) in [7, 11) is 0. The Morgan fingerprint density at radius 3 is 2.76 bits per heavy atom. The van der Waals surface area contributed by atoms with E-state index >= 15 is 0 Å². The Hall–Kier alpha value is -0.620. The molecule has 1 aromatic carbocycles. The molecule has 0 saturated carbocycles. The van der Waals surface area contributed by atoms with Gasteiger partial charge in [-0.05, 0) is 31.5 Å². The molecule has 120 valence electrons. The lowest BCUT2D eigenvalue weighted by atomic mass is 10.1. The van der Waals surface area contributed by atoms with Gasteiger partial charge in [-0.25, -0.2) is 0 Å². The minimum atomic E-state index is -2.85. The average molecular weight is 341 g/mol. The van der Waals surface area contributed by atoms with Crippen LogP contribution >= 0.6 is 24.0 Å². The van der Waals surface area contributed by atoms with Crippen molar-refractivity contribution in [3.63, 3.8) is 0 Å². The molecule has 1 heterocycles. The minimum Gasteiger partial charge on any atom is -0.433 e. The molecular weight excluding hydrogens is 321 g/mol. The minimum absolute atomic E-state index is 0. The molecule has 2 atom stereocenters. The van der Waals surface area contributed by atoms with Crippen molar-refractivity contribution in [1.29, 1.82) is 0 Å². The highest BCUT2D eigenvalue weighted by molar-refractivity contribution is 6.32. The Morgan fingerprint density at radius 2 is 2.14 bits per heavy atom. The molecule has 0 aromatic heterocycles. The van der Waals surface area contributed by atoms with Gasteiger partial charge in [0, 0.05) is 31.7 Å². The lowest BCUT2D eigenvalue weighted by Gasteiger charge is -2.37. The maximum absolute atomic E-state index is 12.2. The molecule has 21 heavy (non-hydrogen) atoms. The number of nitrogens with zero attached hydrogens (tertiary/aromatic N) is 1. The quantitative estimate of drug-likeness (QED) is 0.907. The van der Waals surface area contributed by atoms with Gasteiger partial charge in [0.05, 0.1) is 5.02 Å². The molecule has 0 aliphatic carbocycles. The summed E-state index contributed by atoms with van der Waals surface area (Å²) in [6.45, 7) is 4.10. The van der Waals surface area contributed by atoms with Crippen molar-refractivity contribution in [3.05, 3.63) is 28.8 Å². The summed E-state index contributed by atoms with van der Waals surface area (Å²) in [6.07, 6.45) is 0. The molecule has 1 N–H and O–H groups in total. The monoisotopic (exact) mass is 340 g/mol. The van der Waals surface area contributed by atoms with E-state index in [4.69, 9.17) is 11.6 Å². The predicted molar refractivity (Wildman–Crippen MR) is 82.7 cm³/mol. The summed E-state index contributed by atoms with van der Waals surface area (Å²) in [5.74, 6) is 0.0205. The van der Waals surface area contributed by atoms with Crippen LogP contribution in [0.4, 0.5) is 8.78 Å². The van der Waals surface area contributed by atoms with Crippen molar-refractivity contribution >= 4 is 24.0 Å². The van der Waals surface area contributed by atoms with Crippen molar-refractivity contribution in [2.45, 2.75) is 39.1 Å². The van der Waals surface area contributed by atoms with Crippen molar-refractivity contribution in [2.75, 3.05) is 13.1 Å². The maximum Gasteiger partial charge on any atom is 0.387 e. The highest BCUT2D eigenvalue weighted by atomic mass is 35.5. The van der Waals surface area contributed by atoms with Gasteiger partial charge in [-0.3, -0.25) is 4.90 Å². The van der Waals surface area contributed by atoms with Gasteiger partial charge in [0.15, 0.2) is 0 Å². The van der Waals surface area contributed by atoms with E-state index in [1.807, 2.05) is 0 Å². The van der Waals surface area contributed by atoms with Crippen molar-refractivity contribution in [1.82, 2.24) is 10.2 Å². The van der Waals surface area contributed by atoms with Crippen LogP contribution in [0.3, 0.4) is 0 Å². The number of nitrogens with one attached hydrogen (secondary N) is 1. The molecule has 2 rings (SSSR count). The Balaban J connectivity index is 0.00000220. The standard InChI is InChI=1S/C14H19ClF2N2O.ClH/c1-9-7-19(10(2)6-18-9)8-11-3-4-13(12(15)5-11)20-14(16)17;/h3-5,9-10,14,18H,6-8H2,1-2H3;1H. The molecule has 1 aromatic rings. The van der Waals surface area contributed by atoms with Crippen LogP contribution in [0.25, 0.3) is 0 Å². The molecule has 1 aliphatic heterocycles. The van der Waals surface area contributed by atoms with Gasteiger partial charge in [-0.2, -0.15) is 8.78 Å². The van der Waals surface area contributed by atoms with E-state index in [1.54, 1.807) is 12.1 Å². The summed E-state index contributed by atoms with van der Waals surface area (Å²) in [4.78, 5) is 2.35. The van der Waals surface area contributed by atoms with E-state index in [9.17, 15) is 8.78 Å². The first kappa shape index (κ1) is 18.4. The molecule has 7 heteroatoms. The Bertz CT molecular complexity index is 463. The van der Waals surface area contributed by atoms with Crippen LogP contribution in [0.5, 0.6) is 5.75 Å². The van der Waals surface area contributed by atoms with Crippen molar-refractivity contribution in [2.24, 2.45) is 0 Å². The van der Waals surface area contributed by atoms with E-state index in [0.29, 0.717) is 12.1 Å². The summed E-state index contributed by atoms with van der Waals surface area (Å²) in [5, 5.41) is 3.64. The number of hydrogen-bond acceptors (Lipinski definition) is 3. The maximum atomic E-state index is 12.2. The summed E-state index contributed by atoms with van der Waals surface area (Å²) >= 11 is 5.97.